The number of para-hydroxylation sites is 1. The number of rotatable bonds is 1. The molecule has 0 bridgehead atoms. The van der Waals surface area contributed by atoms with Crippen LogP contribution in [0.25, 0.3) is 0 Å². The summed E-state index contributed by atoms with van der Waals surface area (Å²) in [7, 11) is 2.31. The van der Waals surface area contributed by atoms with Crippen LogP contribution in [0.1, 0.15) is 50.5 Å². The van der Waals surface area contributed by atoms with Gasteiger partial charge in [-0.1, -0.05) is 31.5 Å². The van der Waals surface area contributed by atoms with Crippen molar-refractivity contribution in [1.29, 1.82) is 0 Å². The molecule has 1 aromatic rings. The number of nitrogens with zero attached hydrogens (tertiary/aromatic N) is 2. The van der Waals surface area contributed by atoms with Crippen LogP contribution in [-0.4, -0.2) is 36.5 Å². The van der Waals surface area contributed by atoms with Gasteiger partial charge in [-0.05, 0) is 43.4 Å². The summed E-state index contributed by atoms with van der Waals surface area (Å²) in [6.45, 7) is 3.42. The van der Waals surface area contributed by atoms with Crippen LogP contribution >= 0.6 is 0 Å². The molecule has 2 saturated heterocycles. The molecule has 3 aliphatic heterocycles. The Morgan fingerprint density at radius 2 is 2.13 bits per heavy atom. The van der Waals surface area contributed by atoms with Crippen molar-refractivity contribution < 1.29 is 4.79 Å². The maximum Gasteiger partial charge on any atom is 0.227 e. The third kappa shape index (κ3) is 1.62. The standard InChI is InChI=1S/C20H26N2O/c1-3-20-10-6-9-16-18(20)19-14(12-21(16)2)13-7-4-5-8-15(13)22(19)17(23)11-20/h4-5,7-8,14,16,18-19H,3,6,9-12H2,1-2H3/t14-,16-,18+,19+,20-/m0/s1. The number of carbonyl (C=O) groups excluding carboxylic acids is 1. The molecule has 1 saturated carbocycles. The van der Waals surface area contributed by atoms with Crippen molar-refractivity contribution in [2.45, 2.75) is 57.0 Å². The van der Waals surface area contributed by atoms with Crippen LogP contribution in [0.15, 0.2) is 24.3 Å². The van der Waals surface area contributed by atoms with Crippen LogP contribution < -0.4 is 4.90 Å². The molecule has 3 nitrogen and oxygen atoms in total. The van der Waals surface area contributed by atoms with Gasteiger partial charge in [0.25, 0.3) is 0 Å². The molecule has 3 fully saturated rings. The fourth-order valence-corrected chi connectivity index (χ4v) is 6.54. The number of hydrogen-bond acceptors (Lipinski definition) is 2. The minimum Gasteiger partial charge on any atom is -0.308 e. The lowest BCUT2D eigenvalue weighted by molar-refractivity contribution is -0.134. The number of likely N-dealkylation sites (N-methyl/N-ethyl adjacent to an activating group) is 1. The van der Waals surface area contributed by atoms with E-state index in [0.29, 0.717) is 29.8 Å². The molecule has 0 unspecified atom stereocenters. The molecular formula is C20H26N2O. The van der Waals surface area contributed by atoms with E-state index in [1.165, 1.54) is 30.5 Å². The third-order valence-corrected chi connectivity index (χ3v) is 7.50. The molecule has 1 amide bonds. The first-order valence-electron chi connectivity index (χ1n) is 9.27. The molecule has 0 N–H and O–H groups in total. The van der Waals surface area contributed by atoms with Gasteiger partial charge in [0, 0.05) is 42.6 Å². The molecule has 0 radical (unpaired) electrons. The Morgan fingerprint density at radius 3 is 2.96 bits per heavy atom. The van der Waals surface area contributed by atoms with Gasteiger partial charge in [0.1, 0.15) is 0 Å². The first kappa shape index (κ1) is 14.0. The maximum absolute atomic E-state index is 13.1. The average molecular weight is 310 g/mol. The Bertz CT molecular complexity index is 671. The lowest BCUT2D eigenvalue weighted by Crippen LogP contribution is -2.67. The van der Waals surface area contributed by atoms with E-state index < -0.39 is 0 Å². The van der Waals surface area contributed by atoms with E-state index in [-0.39, 0.29) is 5.41 Å². The van der Waals surface area contributed by atoms with Crippen molar-refractivity contribution >= 4 is 11.6 Å². The number of benzene rings is 1. The first-order chi connectivity index (χ1) is 11.2. The average Bonchev–Trinajstić information content (AvgIpc) is 2.90. The van der Waals surface area contributed by atoms with E-state index in [0.717, 1.165) is 19.4 Å². The lowest BCUT2D eigenvalue weighted by atomic mass is 9.53. The molecule has 1 aromatic carbocycles. The van der Waals surface area contributed by atoms with Gasteiger partial charge >= 0.3 is 0 Å². The quantitative estimate of drug-likeness (QED) is 0.794. The predicted octanol–water partition coefficient (Wildman–Crippen LogP) is 3.40. The number of anilines is 1. The number of amides is 1. The van der Waals surface area contributed by atoms with Crippen molar-refractivity contribution in [2.24, 2.45) is 11.3 Å². The molecule has 1 aliphatic carbocycles. The molecule has 3 heterocycles. The van der Waals surface area contributed by atoms with E-state index in [4.69, 9.17) is 0 Å². The highest BCUT2D eigenvalue weighted by atomic mass is 16.2. The Balaban J connectivity index is 1.71. The first-order valence-corrected chi connectivity index (χ1v) is 9.27. The SMILES string of the molecule is CC[C@@]12CCC[C@H]3[C@@H]1[C@H]1[C@@H](CN3C)c3ccccc3N1C(=O)C2. The summed E-state index contributed by atoms with van der Waals surface area (Å²) in [5.41, 5.74) is 2.86. The van der Waals surface area contributed by atoms with Gasteiger partial charge in [-0.3, -0.25) is 4.79 Å². The minimum atomic E-state index is 0.246. The highest BCUT2D eigenvalue weighted by molar-refractivity contribution is 5.98. The zero-order valence-electron chi connectivity index (χ0n) is 14.2. The fraction of sp³-hybridized carbons (Fsp3) is 0.650. The summed E-state index contributed by atoms with van der Waals surface area (Å²) < 4.78 is 0. The Hall–Kier alpha value is -1.35. The fourth-order valence-electron chi connectivity index (χ4n) is 6.54. The molecule has 23 heavy (non-hydrogen) atoms. The Labute approximate surface area is 138 Å². The van der Waals surface area contributed by atoms with Gasteiger partial charge in [0.05, 0.1) is 0 Å². The Morgan fingerprint density at radius 1 is 1.30 bits per heavy atom. The second-order valence-electron chi connectivity index (χ2n) is 8.24. The van der Waals surface area contributed by atoms with Crippen LogP contribution in [0.2, 0.25) is 0 Å². The van der Waals surface area contributed by atoms with Gasteiger partial charge in [-0.25, -0.2) is 0 Å². The number of carbonyl (C=O) groups is 1. The monoisotopic (exact) mass is 310 g/mol. The number of hydrogen-bond donors (Lipinski definition) is 0. The second kappa shape index (κ2) is 4.60. The highest BCUT2D eigenvalue weighted by Gasteiger charge is 2.62. The molecular weight excluding hydrogens is 284 g/mol. The smallest absolute Gasteiger partial charge is 0.227 e. The molecule has 5 atom stereocenters. The summed E-state index contributed by atoms with van der Waals surface area (Å²) in [6.07, 6.45) is 5.76. The van der Waals surface area contributed by atoms with Crippen molar-refractivity contribution in [2.75, 3.05) is 18.5 Å². The molecule has 0 spiro atoms. The molecule has 122 valence electrons. The predicted molar refractivity (Wildman–Crippen MR) is 91.6 cm³/mol. The zero-order valence-corrected chi connectivity index (χ0v) is 14.2. The second-order valence-corrected chi connectivity index (χ2v) is 8.24. The van der Waals surface area contributed by atoms with Gasteiger partial charge in [0.2, 0.25) is 5.91 Å². The summed E-state index contributed by atoms with van der Waals surface area (Å²) in [4.78, 5) is 18.0. The largest absolute Gasteiger partial charge is 0.308 e. The van der Waals surface area contributed by atoms with E-state index in [2.05, 4.69) is 48.0 Å². The number of piperidine rings is 2. The van der Waals surface area contributed by atoms with Gasteiger partial charge in [-0.2, -0.15) is 0 Å². The van der Waals surface area contributed by atoms with Crippen LogP contribution in [0, 0.1) is 11.3 Å². The topological polar surface area (TPSA) is 23.6 Å². The lowest BCUT2D eigenvalue weighted by Gasteiger charge is -2.61. The van der Waals surface area contributed by atoms with Gasteiger partial charge < -0.3 is 9.80 Å². The summed E-state index contributed by atoms with van der Waals surface area (Å²) in [6, 6.07) is 9.73. The molecule has 3 heteroatoms. The van der Waals surface area contributed by atoms with E-state index >= 15 is 0 Å². The molecule has 5 rings (SSSR count). The summed E-state index contributed by atoms with van der Waals surface area (Å²) in [5.74, 6) is 1.54. The molecule has 4 aliphatic rings. The number of fused-ring (bicyclic) bond motifs is 3. The van der Waals surface area contributed by atoms with Crippen LogP contribution in [-0.2, 0) is 4.79 Å². The normalized spacial score (nSPS) is 41.7. The van der Waals surface area contributed by atoms with Crippen LogP contribution in [0.5, 0.6) is 0 Å². The van der Waals surface area contributed by atoms with Gasteiger partial charge in [-0.15, -0.1) is 0 Å². The van der Waals surface area contributed by atoms with Crippen molar-refractivity contribution in [3.63, 3.8) is 0 Å². The maximum atomic E-state index is 13.1. The number of likely N-dealkylation sites (tertiary alicyclic amines) is 1. The minimum absolute atomic E-state index is 0.246. The van der Waals surface area contributed by atoms with Crippen molar-refractivity contribution in [3.8, 4) is 0 Å². The van der Waals surface area contributed by atoms with Crippen LogP contribution in [0.4, 0.5) is 5.69 Å². The summed E-state index contributed by atoms with van der Waals surface area (Å²) >= 11 is 0. The third-order valence-electron chi connectivity index (χ3n) is 7.50. The summed E-state index contributed by atoms with van der Waals surface area (Å²) in [5, 5.41) is 0. The van der Waals surface area contributed by atoms with Gasteiger partial charge in [0.15, 0.2) is 0 Å². The van der Waals surface area contributed by atoms with E-state index in [9.17, 15) is 4.79 Å². The van der Waals surface area contributed by atoms with E-state index in [1.54, 1.807) is 0 Å². The van der Waals surface area contributed by atoms with E-state index in [1.807, 2.05) is 0 Å². The zero-order chi connectivity index (χ0) is 15.8. The van der Waals surface area contributed by atoms with Crippen molar-refractivity contribution in [3.05, 3.63) is 29.8 Å². The molecule has 0 aromatic heterocycles. The highest BCUT2D eigenvalue weighted by Crippen LogP contribution is 2.61. The van der Waals surface area contributed by atoms with Crippen LogP contribution in [0.3, 0.4) is 0 Å². The van der Waals surface area contributed by atoms with Crippen molar-refractivity contribution in [1.82, 2.24) is 4.90 Å². The Kier molecular flexibility index (Phi) is 2.80.